The number of hydrogen-bond donors (Lipinski definition) is 1. The van der Waals surface area contributed by atoms with Gasteiger partial charge in [0, 0.05) is 0 Å². The molecule has 0 saturated carbocycles. The molecule has 1 aliphatic heterocycles. The Labute approximate surface area is 94.6 Å². The molecule has 0 aliphatic carbocycles. The number of ether oxygens (including phenoxy) is 1. The summed E-state index contributed by atoms with van der Waals surface area (Å²) in [4.78, 5) is 0. The van der Waals surface area contributed by atoms with Crippen molar-refractivity contribution in [2.45, 2.75) is 25.6 Å². The highest BCUT2D eigenvalue weighted by Crippen LogP contribution is 2.22. The Hall–Kier alpha value is -0.670. The van der Waals surface area contributed by atoms with Crippen LogP contribution in [0.2, 0.25) is 0 Å². The van der Waals surface area contributed by atoms with Crippen LogP contribution in [0.4, 0.5) is 0 Å². The molecular formula is C12H16O2S. The SMILES string of the molecule is OCc1ccc(OC2CCSCC2)cc1. The zero-order valence-electron chi connectivity index (χ0n) is 8.69. The first kappa shape index (κ1) is 10.8. The van der Waals surface area contributed by atoms with Gasteiger partial charge in [-0.3, -0.25) is 0 Å². The lowest BCUT2D eigenvalue weighted by molar-refractivity contribution is 0.192. The summed E-state index contributed by atoms with van der Waals surface area (Å²) in [5.74, 6) is 3.34. The van der Waals surface area contributed by atoms with Crippen LogP contribution in [0.3, 0.4) is 0 Å². The highest BCUT2D eigenvalue weighted by atomic mass is 32.2. The first-order valence-electron chi connectivity index (χ1n) is 5.32. The topological polar surface area (TPSA) is 29.5 Å². The zero-order chi connectivity index (χ0) is 10.5. The van der Waals surface area contributed by atoms with E-state index in [0.29, 0.717) is 6.10 Å². The molecule has 15 heavy (non-hydrogen) atoms. The van der Waals surface area contributed by atoms with Crippen LogP contribution in [-0.4, -0.2) is 22.7 Å². The third-order valence-corrected chi connectivity index (χ3v) is 3.63. The summed E-state index contributed by atoms with van der Waals surface area (Å²) in [6, 6.07) is 7.69. The minimum Gasteiger partial charge on any atom is -0.490 e. The largest absolute Gasteiger partial charge is 0.490 e. The molecule has 2 nitrogen and oxygen atoms in total. The maximum absolute atomic E-state index is 8.91. The fourth-order valence-corrected chi connectivity index (χ4v) is 2.72. The summed E-state index contributed by atoms with van der Waals surface area (Å²) in [5.41, 5.74) is 0.932. The Morgan fingerprint density at radius 3 is 2.47 bits per heavy atom. The standard InChI is InChI=1S/C12H16O2S/c13-9-10-1-3-11(4-2-10)14-12-5-7-15-8-6-12/h1-4,12-13H,5-9H2. The van der Waals surface area contributed by atoms with Gasteiger partial charge in [-0.05, 0) is 42.0 Å². The smallest absolute Gasteiger partial charge is 0.119 e. The monoisotopic (exact) mass is 224 g/mol. The van der Waals surface area contributed by atoms with Crippen molar-refractivity contribution in [3.8, 4) is 5.75 Å². The molecule has 1 aliphatic rings. The predicted octanol–water partition coefficient (Wildman–Crippen LogP) is 2.45. The average molecular weight is 224 g/mol. The average Bonchev–Trinajstić information content (AvgIpc) is 2.31. The van der Waals surface area contributed by atoms with Crippen LogP contribution in [0.15, 0.2) is 24.3 Å². The van der Waals surface area contributed by atoms with E-state index in [1.165, 1.54) is 11.5 Å². The fourth-order valence-electron chi connectivity index (χ4n) is 1.66. The van der Waals surface area contributed by atoms with Crippen LogP contribution in [0.1, 0.15) is 18.4 Å². The van der Waals surface area contributed by atoms with E-state index < -0.39 is 0 Å². The second-order valence-electron chi connectivity index (χ2n) is 3.73. The zero-order valence-corrected chi connectivity index (χ0v) is 9.50. The summed E-state index contributed by atoms with van der Waals surface area (Å²) in [6.45, 7) is 0.0976. The molecule has 0 aromatic heterocycles. The van der Waals surface area contributed by atoms with E-state index in [-0.39, 0.29) is 6.61 Å². The quantitative estimate of drug-likeness (QED) is 0.855. The summed E-state index contributed by atoms with van der Waals surface area (Å²) >= 11 is 2.00. The molecule has 1 fully saturated rings. The Morgan fingerprint density at radius 2 is 1.87 bits per heavy atom. The van der Waals surface area contributed by atoms with Crippen molar-refractivity contribution in [1.29, 1.82) is 0 Å². The Kier molecular flexibility index (Phi) is 3.92. The first-order chi connectivity index (χ1) is 7.38. The predicted molar refractivity (Wildman–Crippen MR) is 63.3 cm³/mol. The first-order valence-corrected chi connectivity index (χ1v) is 6.48. The van der Waals surface area contributed by atoms with Gasteiger partial charge in [-0.25, -0.2) is 0 Å². The van der Waals surface area contributed by atoms with Crippen LogP contribution in [-0.2, 0) is 6.61 Å². The maximum atomic E-state index is 8.91. The Morgan fingerprint density at radius 1 is 1.20 bits per heavy atom. The van der Waals surface area contributed by atoms with Gasteiger partial charge in [-0.2, -0.15) is 11.8 Å². The lowest BCUT2D eigenvalue weighted by Crippen LogP contribution is -2.21. The lowest BCUT2D eigenvalue weighted by atomic mass is 10.2. The van der Waals surface area contributed by atoms with Crippen LogP contribution < -0.4 is 4.74 Å². The van der Waals surface area contributed by atoms with Crippen LogP contribution in [0.5, 0.6) is 5.75 Å². The van der Waals surface area contributed by atoms with Gasteiger partial charge in [-0.15, -0.1) is 0 Å². The van der Waals surface area contributed by atoms with E-state index >= 15 is 0 Å². The second kappa shape index (κ2) is 5.42. The van der Waals surface area contributed by atoms with Crippen LogP contribution >= 0.6 is 11.8 Å². The Bertz CT molecular complexity index is 291. The molecule has 1 heterocycles. The van der Waals surface area contributed by atoms with E-state index in [0.717, 1.165) is 24.2 Å². The molecule has 82 valence electrons. The number of benzene rings is 1. The molecular weight excluding hydrogens is 208 g/mol. The molecule has 0 amide bonds. The van der Waals surface area contributed by atoms with Gasteiger partial charge in [0.25, 0.3) is 0 Å². The number of thioether (sulfide) groups is 1. The van der Waals surface area contributed by atoms with Gasteiger partial charge in [0.15, 0.2) is 0 Å². The highest BCUT2D eigenvalue weighted by molar-refractivity contribution is 7.99. The number of aliphatic hydroxyl groups is 1. The molecule has 0 unspecified atom stereocenters. The van der Waals surface area contributed by atoms with Crippen molar-refractivity contribution in [3.63, 3.8) is 0 Å². The second-order valence-corrected chi connectivity index (χ2v) is 4.96. The molecule has 1 aromatic carbocycles. The fraction of sp³-hybridized carbons (Fsp3) is 0.500. The van der Waals surface area contributed by atoms with E-state index in [9.17, 15) is 0 Å². The van der Waals surface area contributed by atoms with Crippen molar-refractivity contribution in [1.82, 2.24) is 0 Å². The van der Waals surface area contributed by atoms with Gasteiger partial charge in [0.05, 0.1) is 6.61 Å². The van der Waals surface area contributed by atoms with E-state index in [1.54, 1.807) is 0 Å². The van der Waals surface area contributed by atoms with Gasteiger partial charge < -0.3 is 9.84 Å². The van der Waals surface area contributed by atoms with Crippen LogP contribution in [0.25, 0.3) is 0 Å². The van der Waals surface area contributed by atoms with Crippen molar-refractivity contribution in [2.75, 3.05) is 11.5 Å². The van der Waals surface area contributed by atoms with Crippen molar-refractivity contribution >= 4 is 11.8 Å². The van der Waals surface area contributed by atoms with Crippen molar-refractivity contribution in [2.24, 2.45) is 0 Å². The number of hydrogen-bond acceptors (Lipinski definition) is 3. The summed E-state index contributed by atoms with van der Waals surface area (Å²) < 4.78 is 5.86. The number of rotatable bonds is 3. The van der Waals surface area contributed by atoms with E-state index in [2.05, 4.69) is 0 Å². The third-order valence-electron chi connectivity index (χ3n) is 2.58. The molecule has 0 atom stereocenters. The van der Waals surface area contributed by atoms with Gasteiger partial charge in [-0.1, -0.05) is 12.1 Å². The van der Waals surface area contributed by atoms with E-state index in [1.807, 2.05) is 36.0 Å². The molecule has 3 heteroatoms. The normalized spacial score (nSPS) is 17.7. The third kappa shape index (κ3) is 3.14. The number of aliphatic hydroxyl groups excluding tert-OH is 1. The summed E-state index contributed by atoms with van der Waals surface area (Å²) in [6.07, 6.45) is 2.67. The molecule has 1 aromatic rings. The van der Waals surface area contributed by atoms with Gasteiger partial charge in [0.1, 0.15) is 11.9 Å². The molecule has 0 spiro atoms. The maximum Gasteiger partial charge on any atom is 0.119 e. The molecule has 2 rings (SSSR count). The molecule has 1 saturated heterocycles. The lowest BCUT2D eigenvalue weighted by Gasteiger charge is -2.22. The van der Waals surface area contributed by atoms with Crippen LogP contribution in [0, 0.1) is 0 Å². The molecule has 0 bridgehead atoms. The van der Waals surface area contributed by atoms with Crippen molar-refractivity contribution < 1.29 is 9.84 Å². The van der Waals surface area contributed by atoms with Gasteiger partial charge >= 0.3 is 0 Å². The Balaban J connectivity index is 1.91. The highest BCUT2D eigenvalue weighted by Gasteiger charge is 2.14. The molecule has 0 radical (unpaired) electrons. The van der Waals surface area contributed by atoms with Crippen molar-refractivity contribution in [3.05, 3.63) is 29.8 Å². The summed E-state index contributed by atoms with van der Waals surface area (Å²) in [7, 11) is 0. The summed E-state index contributed by atoms with van der Waals surface area (Å²) in [5, 5.41) is 8.91. The van der Waals surface area contributed by atoms with E-state index in [4.69, 9.17) is 9.84 Å². The van der Waals surface area contributed by atoms with Gasteiger partial charge in [0.2, 0.25) is 0 Å². The molecule has 1 N–H and O–H groups in total. The minimum atomic E-state index is 0.0976. The minimum absolute atomic E-state index is 0.0976.